The second-order valence-electron chi connectivity index (χ2n) is 10.3. The molecule has 0 spiro atoms. The number of carboxylic acids is 1. The van der Waals surface area contributed by atoms with Crippen LogP contribution in [0.15, 0.2) is 18.3 Å². The topological polar surface area (TPSA) is 103 Å². The van der Waals surface area contributed by atoms with Gasteiger partial charge in [-0.2, -0.15) is 0 Å². The van der Waals surface area contributed by atoms with Gasteiger partial charge in [0.1, 0.15) is 5.82 Å². The first kappa shape index (κ1) is 23.5. The van der Waals surface area contributed by atoms with Gasteiger partial charge in [0.05, 0.1) is 12.0 Å². The van der Waals surface area contributed by atoms with Gasteiger partial charge in [-0.05, 0) is 42.6 Å². The molecule has 2 saturated heterocycles. The summed E-state index contributed by atoms with van der Waals surface area (Å²) < 4.78 is 6.56. The summed E-state index contributed by atoms with van der Waals surface area (Å²) in [4.78, 5) is 31.0. The summed E-state index contributed by atoms with van der Waals surface area (Å²) in [5, 5.41) is 19.0. The van der Waals surface area contributed by atoms with E-state index < -0.39 is 26.3 Å². The summed E-state index contributed by atoms with van der Waals surface area (Å²) >= 11 is 0. The van der Waals surface area contributed by atoms with Gasteiger partial charge >= 0.3 is 12.1 Å². The van der Waals surface area contributed by atoms with Crippen molar-refractivity contribution in [3.05, 3.63) is 23.9 Å². The van der Waals surface area contributed by atoms with E-state index in [1.165, 1.54) is 4.90 Å². The molecule has 0 unspecified atom stereocenters. The maximum atomic E-state index is 11.7. The van der Waals surface area contributed by atoms with Gasteiger partial charge < -0.3 is 24.4 Å². The van der Waals surface area contributed by atoms with Crippen molar-refractivity contribution < 1.29 is 24.2 Å². The number of likely N-dealkylation sites (tertiary alicyclic amines) is 1. The molecule has 8 nitrogen and oxygen atoms in total. The zero-order chi connectivity index (χ0) is 23.0. The van der Waals surface area contributed by atoms with E-state index in [0.29, 0.717) is 13.0 Å². The fourth-order valence-electron chi connectivity index (χ4n) is 4.20. The monoisotopic (exact) mass is 449 g/mol. The lowest BCUT2D eigenvalue weighted by Gasteiger charge is -2.38. The number of hydrogen-bond donors (Lipinski definition) is 2. The summed E-state index contributed by atoms with van der Waals surface area (Å²) in [5.74, 6) is -1.08. The van der Waals surface area contributed by atoms with Crippen LogP contribution in [0.2, 0.25) is 18.1 Å². The van der Waals surface area contributed by atoms with Crippen molar-refractivity contribution in [2.75, 3.05) is 31.1 Å². The third kappa shape index (κ3) is 5.20. The highest BCUT2D eigenvalue weighted by Gasteiger charge is 2.41. The molecule has 0 aliphatic carbocycles. The molecule has 1 aromatic rings. The minimum atomic E-state index is -1.81. The zero-order valence-electron chi connectivity index (χ0n) is 19.2. The molecular formula is C22H35N3O5Si. The van der Waals surface area contributed by atoms with Crippen molar-refractivity contribution in [3.63, 3.8) is 0 Å². The zero-order valence-corrected chi connectivity index (χ0v) is 20.2. The fourth-order valence-corrected chi connectivity index (χ4v) is 5.58. The molecule has 1 aromatic heterocycles. The number of hydrogen-bond acceptors (Lipinski definition) is 5. The molecule has 172 valence electrons. The highest BCUT2D eigenvalue weighted by molar-refractivity contribution is 6.74. The van der Waals surface area contributed by atoms with E-state index >= 15 is 0 Å². The molecule has 2 fully saturated rings. The minimum absolute atomic E-state index is 0.00960. The Labute approximate surface area is 185 Å². The number of amides is 1. The van der Waals surface area contributed by atoms with Gasteiger partial charge in [-0.15, -0.1) is 0 Å². The highest BCUT2D eigenvalue weighted by Crippen LogP contribution is 2.39. The molecule has 1 amide bonds. The van der Waals surface area contributed by atoms with Gasteiger partial charge in [-0.25, -0.2) is 9.78 Å². The number of anilines is 1. The Balaban J connectivity index is 1.65. The number of aliphatic carboxylic acids is 1. The quantitative estimate of drug-likeness (QED) is 0.658. The Kier molecular flexibility index (Phi) is 6.66. The minimum Gasteiger partial charge on any atom is -0.481 e. The molecule has 0 radical (unpaired) electrons. The molecule has 31 heavy (non-hydrogen) atoms. The van der Waals surface area contributed by atoms with Crippen LogP contribution in [0.5, 0.6) is 0 Å². The SMILES string of the molecule is CC(C)(C)[Si](C)(C)O[C@H]1CCN(c2ccc([C@H]3CCN(C(=O)O)C[C@H]3C(=O)O)cn2)C1. The van der Waals surface area contributed by atoms with Crippen molar-refractivity contribution in [2.45, 2.75) is 63.8 Å². The van der Waals surface area contributed by atoms with Crippen LogP contribution in [-0.4, -0.2) is 72.8 Å². The molecule has 2 aliphatic heterocycles. The van der Waals surface area contributed by atoms with Crippen molar-refractivity contribution >= 4 is 26.2 Å². The molecule has 3 rings (SSSR count). The van der Waals surface area contributed by atoms with Crippen molar-refractivity contribution in [1.29, 1.82) is 0 Å². The number of carboxylic acid groups (broad SMARTS) is 2. The van der Waals surface area contributed by atoms with Crippen LogP contribution < -0.4 is 4.90 Å². The number of nitrogens with zero attached hydrogens (tertiary/aromatic N) is 3. The number of pyridine rings is 1. The molecule has 3 atom stereocenters. The number of carbonyl (C=O) groups is 2. The van der Waals surface area contributed by atoms with E-state index in [4.69, 9.17) is 4.43 Å². The normalized spacial score (nSPS) is 25.0. The van der Waals surface area contributed by atoms with Crippen LogP contribution in [0.25, 0.3) is 0 Å². The predicted molar refractivity (Wildman–Crippen MR) is 121 cm³/mol. The van der Waals surface area contributed by atoms with Crippen LogP contribution >= 0.6 is 0 Å². The predicted octanol–water partition coefficient (Wildman–Crippen LogP) is 3.85. The van der Waals surface area contributed by atoms with E-state index in [9.17, 15) is 19.8 Å². The smallest absolute Gasteiger partial charge is 0.407 e. The van der Waals surface area contributed by atoms with Crippen molar-refractivity contribution in [2.24, 2.45) is 5.92 Å². The Hall–Kier alpha value is -2.13. The van der Waals surface area contributed by atoms with E-state index in [-0.39, 0.29) is 23.6 Å². The highest BCUT2D eigenvalue weighted by atomic mass is 28.4. The lowest BCUT2D eigenvalue weighted by atomic mass is 9.81. The molecular weight excluding hydrogens is 414 g/mol. The molecule has 0 bridgehead atoms. The summed E-state index contributed by atoms with van der Waals surface area (Å²) in [6.07, 6.45) is 2.36. The Morgan fingerprint density at radius 1 is 1.13 bits per heavy atom. The van der Waals surface area contributed by atoms with Gasteiger partial charge in [-0.3, -0.25) is 4.79 Å². The van der Waals surface area contributed by atoms with Gasteiger partial charge in [0.15, 0.2) is 8.32 Å². The Morgan fingerprint density at radius 2 is 1.84 bits per heavy atom. The van der Waals surface area contributed by atoms with Crippen LogP contribution in [0, 0.1) is 5.92 Å². The Bertz CT molecular complexity index is 808. The number of aromatic nitrogens is 1. The summed E-state index contributed by atoms with van der Waals surface area (Å²) in [7, 11) is -1.81. The average molecular weight is 450 g/mol. The van der Waals surface area contributed by atoms with E-state index in [1.54, 1.807) is 6.20 Å². The summed E-state index contributed by atoms with van der Waals surface area (Å²) in [5.41, 5.74) is 0.856. The summed E-state index contributed by atoms with van der Waals surface area (Å²) in [6, 6.07) is 3.90. The summed E-state index contributed by atoms with van der Waals surface area (Å²) in [6.45, 7) is 13.3. The van der Waals surface area contributed by atoms with Gasteiger partial charge in [0, 0.05) is 38.3 Å². The van der Waals surface area contributed by atoms with E-state index in [1.807, 2.05) is 12.1 Å². The van der Waals surface area contributed by atoms with Crippen LogP contribution in [0.4, 0.5) is 10.6 Å². The molecule has 2 aliphatic rings. The number of piperidine rings is 1. The van der Waals surface area contributed by atoms with Crippen molar-refractivity contribution in [3.8, 4) is 0 Å². The maximum Gasteiger partial charge on any atom is 0.407 e. The Morgan fingerprint density at radius 3 is 2.39 bits per heavy atom. The van der Waals surface area contributed by atoms with Crippen molar-refractivity contribution in [1.82, 2.24) is 9.88 Å². The second-order valence-corrected chi connectivity index (χ2v) is 15.0. The first-order valence-electron chi connectivity index (χ1n) is 11.0. The maximum absolute atomic E-state index is 11.7. The van der Waals surface area contributed by atoms with Crippen LogP contribution in [0.3, 0.4) is 0 Å². The molecule has 2 N–H and O–H groups in total. The van der Waals surface area contributed by atoms with Crippen LogP contribution in [0.1, 0.15) is 45.1 Å². The molecule has 9 heteroatoms. The third-order valence-electron chi connectivity index (χ3n) is 7.14. The van der Waals surface area contributed by atoms with E-state index in [0.717, 1.165) is 30.9 Å². The largest absolute Gasteiger partial charge is 0.481 e. The fraction of sp³-hybridized carbons (Fsp3) is 0.682. The molecule has 3 heterocycles. The van der Waals surface area contributed by atoms with E-state index in [2.05, 4.69) is 43.7 Å². The lowest BCUT2D eigenvalue weighted by molar-refractivity contribution is -0.144. The third-order valence-corrected chi connectivity index (χ3v) is 11.7. The molecule has 0 aromatic carbocycles. The first-order chi connectivity index (χ1) is 14.4. The van der Waals surface area contributed by atoms with Gasteiger partial charge in [0.25, 0.3) is 0 Å². The standard InChI is InChI=1S/C22H35N3O5Si/c1-22(2,3)31(4,5)30-16-8-10-24(13-16)19-7-6-15(12-23-19)17-9-11-25(21(28)29)14-18(17)20(26)27/h6-7,12,16-18H,8-11,13-14H2,1-5H3,(H,26,27)(H,28,29)/t16-,17+,18+/m0/s1. The average Bonchev–Trinajstić information content (AvgIpc) is 3.14. The van der Waals surface area contributed by atoms with Crippen LogP contribution in [-0.2, 0) is 9.22 Å². The lowest BCUT2D eigenvalue weighted by Crippen LogP contribution is -2.45. The second kappa shape index (κ2) is 8.78. The first-order valence-corrected chi connectivity index (χ1v) is 13.9. The van der Waals surface area contributed by atoms with Gasteiger partial charge in [-0.1, -0.05) is 26.8 Å². The van der Waals surface area contributed by atoms with Gasteiger partial charge in [0.2, 0.25) is 0 Å². The number of rotatable bonds is 5. The molecule has 0 saturated carbocycles.